The van der Waals surface area contributed by atoms with Crippen molar-refractivity contribution in [2.24, 2.45) is 0 Å². The highest BCUT2D eigenvalue weighted by molar-refractivity contribution is 8.00. The lowest BCUT2D eigenvalue weighted by atomic mass is 10.3. The first-order valence-electron chi connectivity index (χ1n) is 8.91. The SMILES string of the molecule is CCOc1ccc2nc(S[C@@H](C)C(=O)N3CCN(CC)CC3)[nH]c2c1. The van der Waals surface area contributed by atoms with E-state index < -0.39 is 0 Å². The number of aromatic amines is 1. The lowest BCUT2D eigenvalue weighted by molar-refractivity contribution is -0.132. The van der Waals surface area contributed by atoms with Crippen LogP contribution >= 0.6 is 11.8 Å². The molecule has 136 valence electrons. The highest BCUT2D eigenvalue weighted by Crippen LogP contribution is 2.26. The first-order chi connectivity index (χ1) is 12.1. The van der Waals surface area contributed by atoms with E-state index in [4.69, 9.17) is 4.74 Å². The van der Waals surface area contributed by atoms with E-state index >= 15 is 0 Å². The Kier molecular flexibility index (Phi) is 5.86. The molecule has 0 spiro atoms. The van der Waals surface area contributed by atoms with Gasteiger partial charge in [-0.25, -0.2) is 4.98 Å². The second-order valence-corrected chi connectivity index (χ2v) is 7.50. The van der Waals surface area contributed by atoms with E-state index in [0.29, 0.717) is 6.61 Å². The Morgan fingerprint density at radius 2 is 2.08 bits per heavy atom. The number of piperazine rings is 1. The van der Waals surface area contributed by atoms with Gasteiger partial charge in [-0.2, -0.15) is 0 Å². The number of aromatic nitrogens is 2. The van der Waals surface area contributed by atoms with Crippen LogP contribution in [0.1, 0.15) is 20.8 Å². The maximum atomic E-state index is 12.7. The first kappa shape index (κ1) is 18.1. The summed E-state index contributed by atoms with van der Waals surface area (Å²) >= 11 is 1.48. The quantitative estimate of drug-likeness (QED) is 0.801. The van der Waals surface area contributed by atoms with Crippen molar-refractivity contribution in [1.29, 1.82) is 0 Å². The molecule has 0 radical (unpaired) electrons. The number of ether oxygens (including phenoxy) is 1. The van der Waals surface area contributed by atoms with E-state index in [1.807, 2.05) is 36.9 Å². The predicted molar refractivity (Wildman–Crippen MR) is 101 cm³/mol. The molecule has 1 fully saturated rings. The lowest BCUT2D eigenvalue weighted by Crippen LogP contribution is -2.50. The Balaban J connectivity index is 1.63. The van der Waals surface area contributed by atoms with Gasteiger partial charge >= 0.3 is 0 Å². The van der Waals surface area contributed by atoms with Crippen molar-refractivity contribution in [2.45, 2.75) is 31.2 Å². The minimum Gasteiger partial charge on any atom is -0.494 e. The maximum Gasteiger partial charge on any atom is 0.235 e. The molecule has 1 aliphatic rings. The van der Waals surface area contributed by atoms with Gasteiger partial charge < -0.3 is 19.5 Å². The number of carbonyl (C=O) groups excluding carboxylic acids is 1. The zero-order chi connectivity index (χ0) is 17.8. The van der Waals surface area contributed by atoms with Crippen LogP contribution in [0.5, 0.6) is 5.75 Å². The Morgan fingerprint density at radius 3 is 2.76 bits per heavy atom. The first-order valence-corrected chi connectivity index (χ1v) is 9.79. The smallest absolute Gasteiger partial charge is 0.235 e. The normalized spacial score (nSPS) is 17.0. The van der Waals surface area contributed by atoms with Crippen molar-refractivity contribution in [3.8, 4) is 5.75 Å². The molecule has 0 unspecified atom stereocenters. The molecule has 0 bridgehead atoms. The van der Waals surface area contributed by atoms with E-state index in [1.54, 1.807) is 0 Å². The molecule has 1 amide bonds. The fraction of sp³-hybridized carbons (Fsp3) is 0.556. The summed E-state index contributed by atoms with van der Waals surface area (Å²) in [5.74, 6) is 1.02. The summed E-state index contributed by atoms with van der Waals surface area (Å²) in [6.45, 7) is 11.3. The molecule has 2 heterocycles. The van der Waals surface area contributed by atoms with Crippen LogP contribution in [0.2, 0.25) is 0 Å². The number of nitrogens with one attached hydrogen (secondary N) is 1. The second kappa shape index (κ2) is 8.10. The van der Waals surface area contributed by atoms with Crippen molar-refractivity contribution in [2.75, 3.05) is 39.3 Å². The van der Waals surface area contributed by atoms with Gasteiger partial charge in [0, 0.05) is 32.2 Å². The molecule has 1 aromatic carbocycles. The van der Waals surface area contributed by atoms with Crippen LogP contribution in [0.4, 0.5) is 0 Å². The van der Waals surface area contributed by atoms with Gasteiger partial charge in [0.15, 0.2) is 5.16 Å². The summed E-state index contributed by atoms with van der Waals surface area (Å²) in [6.07, 6.45) is 0. The third kappa shape index (κ3) is 4.27. The molecule has 3 rings (SSSR count). The third-order valence-electron chi connectivity index (χ3n) is 4.51. The van der Waals surface area contributed by atoms with Crippen molar-refractivity contribution < 1.29 is 9.53 Å². The number of fused-ring (bicyclic) bond motifs is 1. The molecule has 7 heteroatoms. The molecule has 6 nitrogen and oxygen atoms in total. The summed E-state index contributed by atoms with van der Waals surface area (Å²) in [7, 11) is 0. The van der Waals surface area contributed by atoms with Gasteiger partial charge in [0.05, 0.1) is 22.9 Å². The molecule has 0 saturated carbocycles. The van der Waals surface area contributed by atoms with Crippen LogP contribution in [0.25, 0.3) is 11.0 Å². The number of H-pyrrole nitrogens is 1. The lowest BCUT2D eigenvalue weighted by Gasteiger charge is -2.35. The van der Waals surface area contributed by atoms with Crippen LogP contribution < -0.4 is 4.74 Å². The van der Waals surface area contributed by atoms with Crippen molar-refractivity contribution in [1.82, 2.24) is 19.8 Å². The zero-order valence-electron chi connectivity index (χ0n) is 15.1. The number of carbonyl (C=O) groups is 1. The minimum absolute atomic E-state index is 0.153. The van der Waals surface area contributed by atoms with E-state index in [-0.39, 0.29) is 11.2 Å². The van der Waals surface area contributed by atoms with Crippen LogP contribution in [0, 0.1) is 0 Å². The van der Waals surface area contributed by atoms with E-state index in [0.717, 1.165) is 54.7 Å². The highest BCUT2D eigenvalue weighted by atomic mass is 32.2. The van der Waals surface area contributed by atoms with E-state index in [9.17, 15) is 4.79 Å². The summed E-state index contributed by atoms with van der Waals surface area (Å²) in [5, 5.41) is 0.622. The predicted octanol–water partition coefficient (Wildman–Crippen LogP) is 2.61. The Labute approximate surface area is 152 Å². The number of amides is 1. The van der Waals surface area contributed by atoms with Gasteiger partial charge in [0.2, 0.25) is 5.91 Å². The van der Waals surface area contributed by atoms with Gasteiger partial charge in [-0.3, -0.25) is 4.79 Å². The van der Waals surface area contributed by atoms with Crippen molar-refractivity contribution >= 4 is 28.7 Å². The van der Waals surface area contributed by atoms with Gasteiger partial charge in [-0.15, -0.1) is 0 Å². The number of benzene rings is 1. The second-order valence-electron chi connectivity index (χ2n) is 6.17. The average molecular weight is 362 g/mol. The number of likely N-dealkylation sites (N-methyl/N-ethyl adjacent to an activating group) is 1. The standard InChI is InChI=1S/C18H26N4O2S/c1-4-21-8-10-22(11-9-21)17(23)13(3)25-18-19-15-7-6-14(24-5-2)12-16(15)20-18/h6-7,12-13H,4-5,8-11H2,1-3H3,(H,19,20)/t13-/m0/s1. The molecule has 25 heavy (non-hydrogen) atoms. The molecule has 0 aliphatic carbocycles. The summed E-state index contributed by atoms with van der Waals surface area (Å²) in [5.41, 5.74) is 1.83. The monoisotopic (exact) mass is 362 g/mol. The summed E-state index contributed by atoms with van der Waals surface area (Å²) in [6, 6.07) is 5.81. The van der Waals surface area contributed by atoms with E-state index in [2.05, 4.69) is 21.8 Å². The topological polar surface area (TPSA) is 61.5 Å². The number of rotatable bonds is 6. The fourth-order valence-electron chi connectivity index (χ4n) is 3.04. The van der Waals surface area contributed by atoms with Gasteiger partial charge in [-0.05, 0) is 32.5 Å². The van der Waals surface area contributed by atoms with Crippen LogP contribution in [0.15, 0.2) is 23.4 Å². The highest BCUT2D eigenvalue weighted by Gasteiger charge is 2.25. The summed E-state index contributed by atoms with van der Waals surface area (Å²) < 4.78 is 5.52. The number of hydrogen-bond acceptors (Lipinski definition) is 5. The Bertz CT molecular complexity index is 725. The molecule has 1 N–H and O–H groups in total. The summed E-state index contributed by atoms with van der Waals surface area (Å²) in [4.78, 5) is 24.9. The van der Waals surface area contributed by atoms with Crippen molar-refractivity contribution in [3.63, 3.8) is 0 Å². The molecule has 1 atom stereocenters. The minimum atomic E-state index is -0.153. The number of imidazole rings is 1. The largest absolute Gasteiger partial charge is 0.494 e. The molecule has 1 saturated heterocycles. The third-order valence-corrected chi connectivity index (χ3v) is 5.48. The molecule has 2 aromatic rings. The zero-order valence-corrected chi connectivity index (χ0v) is 15.9. The number of thioether (sulfide) groups is 1. The van der Waals surface area contributed by atoms with Gasteiger partial charge in [0.1, 0.15) is 5.75 Å². The molecular formula is C18H26N4O2S. The van der Waals surface area contributed by atoms with E-state index in [1.165, 1.54) is 11.8 Å². The number of nitrogens with zero attached hydrogens (tertiary/aromatic N) is 3. The van der Waals surface area contributed by atoms with Gasteiger partial charge in [0.25, 0.3) is 0 Å². The molecule has 1 aliphatic heterocycles. The Morgan fingerprint density at radius 1 is 1.32 bits per heavy atom. The fourth-order valence-corrected chi connectivity index (χ4v) is 3.94. The van der Waals surface area contributed by atoms with Crippen molar-refractivity contribution in [3.05, 3.63) is 18.2 Å². The number of hydrogen-bond donors (Lipinski definition) is 1. The van der Waals surface area contributed by atoms with Crippen LogP contribution in [0.3, 0.4) is 0 Å². The molecular weight excluding hydrogens is 336 g/mol. The average Bonchev–Trinajstić information content (AvgIpc) is 3.03. The maximum absolute atomic E-state index is 12.7. The van der Waals surface area contributed by atoms with Crippen LogP contribution in [-0.2, 0) is 4.79 Å². The molecule has 1 aromatic heterocycles. The van der Waals surface area contributed by atoms with Gasteiger partial charge in [-0.1, -0.05) is 18.7 Å². The Hall–Kier alpha value is -1.73. The van der Waals surface area contributed by atoms with Crippen LogP contribution in [-0.4, -0.2) is 70.3 Å².